The lowest BCUT2D eigenvalue weighted by molar-refractivity contribution is -0.140. The third-order valence-corrected chi connectivity index (χ3v) is 5.39. The lowest BCUT2D eigenvalue weighted by Crippen LogP contribution is -2.54. The summed E-state index contributed by atoms with van der Waals surface area (Å²) in [6.45, 7) is 0.509. The van der Waals surface area contributed by atoms with Crippen molar-refractivity contribution in [2.45, 2.75) is 37.3 Å². The fraction of sp³-hybridized carbons (Fsp3) is 0.364. The van der Waals surface area contributed by atoms with Gasteiger partial charge in [-0.2, -0.15) is 0 Å². The minimum Gasteiger partial charge on any atom is -0.357 e. The highest BCUT2D eigenvalue weighted by atomic mass is 16.2. The highest BCUT2D eigenvalue weighted by Gasteiger charge is 2.46. The predicted molar refractivity (Wildman–Crippen MR) is 106 cm³/mol. The number of nitrogens with one attached hydrogen (secondary N) is 1. The number of aryl methyl sites for hydroxylation is 1. The molecule has 5 heteroatoms. The Morgan fingerprint density at radius 1 is 1.11 bits per heavy atom. The second-order valence-corrected chi connectivity index (χ2v) is 7.21. The Labute approximate surface area is 160 Å². The Hall–Kier alpha value is -2.66. The number of likely N-dealkylation sites (tertiary alicyclic amines) is 1. The summed E-state index contributed by atoms with van der Waals surface area (Å²) >= 11 is 0. The number of amides is 2. The molecule has 2 aromatic carbocycles. The van der Waals surface area contributed by atoms with Crippen molar-refractivity contribution in [3.05, 3.63) is 71.8 Å². The van der Waals surface area contributed by atoms with Gasteiger partial charge in [-0.15, -0.1) is 0 Å². The molecule has 1 fully saturated rings. The Balaban J connectivity index is 1.72. The predicted octanol–water partition coefficient (Wildman–Crippen LogP) is 1.91. The molecule has 2 atom stereocenters. The van der Waals surface area contributed by atoms with Crippen molar-refractivity contribution in [1.82, 2.24) is 10.2 Å². The maximum atomic E-state index is 13.1. The van der Waals surface area contributed by atoms with Gasteiger partial charge in [-0.1, -0.05) is 60.7 Å². The first-order valence-corrected chi connectivity index (χ1v) is 9.43. The number of benzene rings is 2. The van der Waals surface area contributed by atoms with Gasteiger partial charge in [-0.25, -0.2) is 0 Å². The van der Waals surface area contributed by atoms with Crippen LogP contribution in [-0.4, -0.2) is 41.9 Å². The van der Waals surface area contributed by atoms with E-state index in [1.54, 1.807) is 11.9 Å². The lowest BCUT2D eigenvalue weighted by Gasteiger charge is -2.29. The summed E-state index contributed by atoms with van der Waals surface area (Å²) in [7, 11) is 1.60. The molecule has 0 aliphatic carbocycles. The van der Waals surface area contributed by atoms with Crippen molar-refractivity contribution >= 4 is 11.8 Å². The molecular weight excluding hydrogens is 338 g/mol. The molecule has 1 aliphatic heterocycles. The van der Waals surface area contributed by atoms with E-state index in [-0.39, 0.29) is 11.8 Å². The van der Waals surface area contributed by atoms with E-state index in [1.165, 1.54) is 5.56 Å². The van der Waals surface area contributed by atoms with Gasteiger partial charge in [0.2, 0.25) is 11.8 Å². The molecule has 2 unspecified atom stereocenters. The van der Waals surface area contributed by atoms with E-state index in [0.29, 0.717) is 25.8 Å². The van der Waals surface area contributed by atoms with Crippen LogP contribution in [0.15, 0.2) is 60.7 Å². The number of rotatable bonds is 7. The van der Waals surface area contributed by atoms with Crippen LogP contribution < -0.4 is 11.1 Å². The summed E-state index contributed by atoms with van der Waals surface area (Å²) in [4.78, 5) is 27.3. The number of hydrogen-bond acceptors (Lipinski definition) is 3. The van der Waals surface area contributed by atoms with Crippen molar-refractivity contribution in [3.8, 4) is 0 Å². The van der Waals surface area contributed by atoms with Gasteiger partial charge in [-0.05, 0) is 30.4 Å². The Morgan fingerprint density at radius 2 is 1.70 bits per heavy atom. The van der Waals surface area contributed by atoms with E-state index in [4.69, 9.17) is 5.73 Å². The second-order valence-electron chi connectivity index (χ2n) is 7.21. The van der Waals surface area contributed by atoms with E-state index in [2.05, 4.69) is 5.32 Å². The summed E-state index contributed by atoms with van der Waals surface area (Å²) in [6, 6.07) is 19.3. The van der Waals surface area contributed by atoms with Crippen LogP contribution in [-0.2, 0) is 22.4 Å². The maximum Gasteiger partial charge on any atom is 0.243 e. The standard InChI is InChI=1S/C22H27N3O2/c1-24-20(26)19(16-18-10-6-3-7-11-18)25-15-14-22(23,21(25)27)13-12-17-8-4-2-5-9-17/h2-11,19H,12-16,23H2,1H3,(H,24,26). The van der Waals surface area contributed by atoms with Crippen molar-refractivity contribution < 1.29 is 9.59 Å². The van der Waals surface area contributed by atoms with Crippen LogP contribution in [0.4, 0.5) is 0 Å². The third-order valence-electron chi connectivity index (χ3n) is 5.39. The monoisotopic (exact) mass is 365 g/mol. The van der Waals surface area contributed by atoms with Gasteiger partial charge >= 0.3 is 0 Å². The quantitative estimate of drug-likeness (QED) is 0.787. The van der Waals surface area contributed by atoms with Gasteiger partial charge in [0.15, 0.2) is 0 Å². The number of nitrogens with two attached hydrogens (primary N) is 1. The first kappa shape index (κ1) is 19.1. The molecule has 0 spiro atoms. The Morgan fingerprint density at radius 3 is 2.30 bits per heavy atom. The van der Waals surface area contributed by atoms with Crippen molar-refractivity contribution in [3.63, 3.8) is 0 Å². The van der Waals surface area contributed by atoms with Crippen LogP contribution in [0, 0.1) is 0 Å². The number of carbonyl (C=O) groups is 2. The largest absolute Gasteiger partial charge is 0.357 e. The molecule has 3 N–H and O–H groups in total. The first-order valence-electron chi connectivity index (χ1n) is 9.43. The molecule has 3 rings (SSSR count). The van der Waals surface area contributed by atoms with Crippen LogP contribution >= 0.6 is 0 Å². The molecule has 0 saturated carbocycles. The van der Waals surface area contributed by atoms with Crippen LogP contribution in [0.25, 0.3) is 0 Å². The first-order chi connectivity index (χ1) is 13.0. The van der Waals surface area contributed by atoms with Gasteiger partial charge in [-0.3, -0.25) is 9.59 Å². The molecule has 0 radical (unpaired) electrons. The molecule has 1 heterocycles. The highest BCUT2D eigenvalue weighted by molar-refractivity contribution is 5.93. The van der Waals surface area contributed by atoms with E-state index in [9.17, 15) is 9.59 Å². The molecule has 0 bridgehead atoms. The summed E-state index contributed by atoms with van der Waals surface area (Å²) in [5, 5.41) is 2.69. The zero-order valence-electron chi connectivity index (χ0n) is 15.7. The van der Waals surface area contributed by atoms with E-state index in [1.807, 2.05) is 60.7 Å². The smallest absolute Gasteiger partial charge is 0.243 e. The van der Waals surface area contributed by atoms with E-state index >= 15 is 0 Å². The summed E-state index contributed by atoms with van der Waals surface area (Å²) in [6.07, 6.45) is 2.39. The molecule has 1 aliphatic rings. The molecule has 27 heavy (non-hydrogen) atoms. The third kappa shape index (κ3) is 4.37. The van der Waals surface area contributed by atoms with Gasteiger partial charge in [0.1, 0.15) is 6.04 Å². The molecule has 142 valence electrons. The molecule has 1 saturated heterocycles. The fourth-order valence-electron chi connectivity index (χ4n) is 3.70. The topological polar surface area (TPSA) is 75.4 Å². The average molecular weight is 365 g/mol. The number of likely N-dealkylation sites (N-methyl/N-ethyl adjacent to an activating group) is 1. The van der Waals surface area contributed by atoms with Crippen LogP contribution in [0.1, 0.15) is 24.0 Å². The van der Waals surface area contributed by atoms with Crippen molar-refractivity contribution in [2.75, 3.05) is 13.6 Å². The SMILES string of the molecule is CNC(=O)C(Cc1ccccc1)N1CCC(N)(CCc2ccccc2)C1=O. The summed E-state index contributed by atoms with van der Waals surface area (Å²) in [5.74, 6) is -0.275. The maximum absolute atomic E-state index is 13.1. The molecular formula is C22H27N3O2. The zero-order valence-corrected chi connectivity index (χ0v) is 15.7. The molecule has 2 amide bonds. The highest BCUT2D eigenvalue weighted by Crippen LogP contribution is 2.28. The summed E-state index contributed by atoms with van der Waals surface area (Å²) < 4.78 is 0. The molecule has 5 nitrogen and oxygen atoms in total. The van der Waals surface area contributed by atoms with Crippen molar-refractivity contribution in [2.24, 2.45) is 5.73 Å². The lowest BCUT2D eigenvalue weighted by atomic mass is 9.90. The van der Waals surface area contributed by atoms with Crippen LogP contribution in [0.3, 0.4) is 0 Å². The number of carbonyl (C=O) groups excluding carboxylic acids is 2. The van der Waals surface area contributed by atoms with Crippen molar-refractivity contribution in [1.29, 1.82) is 0 Å². The van der Waals surface area contributed by atoms with E-state index < -0.39 is 11.6 Å². The zero-order chi connectivity index (χ0) is 19.3. The van der Waals surface area contributed by atoms with Crippen LogP contribution in [0.5, 0.6) is 0 Å². The summed E-state index contributed by atoms with van der Waals surface area (Å²) in [5.41, 5.74) is 7.78. The number of hydrogen-bond donors (Lipinski definition) is 2. The second kappa shape index (κ2) is 8.35. The molecule has 0 aromatic heterocycles. The van der Waals surface area contributed by atoms with Gasteiger partial charge in [0.05, 0.1) is 5.54 Å². The van der Waals surface area contributed by atoms with E-state index in [0.717, 1.165) is 12.0 Å². The van der Waals surface area contributed by atoms with Gasteiger partial charge in [0.25, 0.3) is 0 Å². The minimum absolute atomic E-state index is 0.122. The van der Waals surface area contributed by atoms with Crippen LogP contribution in [0.2, 0.25) is 0 Å². The average Bonchev–Trinajstić information content (AvgIpc) is 3.01. The van der Waals surface area contributed by atoms with Gasteiger partial charge in [0, 0.05) is 20.0 Å². The number of nitrogens with zero attached hydrogens (tertiary/aromatic N) is 1. The fourth-order valence-corrected chi connectivity index (χ4v) is 3.70. The Bertz CT molecular complexity index is 779. The Kier molecular flexibility index (Phi) is 5.91. The minimum atomic E-state index is -0.904. The molecule has 2 aromatic rings. The van der Waals surface area contributed by atoms with Gasteiger partial charge < -0.3 is 16.0 Å². The normalized spacial score (nSPS) is 20.5.